The topological polar surface area (TPSA) is 309 Å². The van der Waals surface area contributed by atoms with E-state index in [1.54, 1.807) is 0 Å². The van der Waals surface area contributed by atoms with E-state index in [1.807, 2.05) is 133 Å². The molecule has 0 heterocycles. The number of carbonyl (C=O) groups is 8. The Morgan fingerprint density at radius 3 is 1.28 bits per heavy atom. The number of amides is 4. The van der Waals surface area contributed by atoms with E-state index in [9.17, 15) is 43.5 Å². The average molecular weight is 1090 g/mol. The van der Waals surface area contributed by atoms with Gasteiger partial charge in [0.1, 0.15) is 6.04 Å². The van der Waals surface area contributed by atoms with Gasteiger partial charge >= 0.3 is 5.97 Å². The summed E-state index contributed by atoms with van der Waals surface area (Å²) in [4.78, 5) is 109. The van der Waals surface area contributed by atoms with E-state index in [-0.39, 0.29) is 107 Å². The number of nitrogens with two attached hydrogens (primary N) is 4. The number of carboxylic acid groups (broad SMARTS) is 1. The van der Waals surface area contributed by atoms with Gasteiger partial charge in [-0.15, -0.1) is 0 Å². The summed E-state index contributed by atoms with van der Waals surface area (Å²) in [7, 11) is 0. The standard InChI is InChI=1S/C58H86N8O9.C2H6.CH4/c1-38(2)30-49(65-56(72)45(32-40-18-8-5-9-19-40)37-51(67)46(61)33-41-20-10-6-11-21-41)52(68)35-43(24-16-27-59)54(70)63-29-15-14-26-48(58(74)75)64-55(71)44(25-17-28-60)36-53(69)50(31-39(3)4)66-57(73)47(62)34-42-22-12-7-13-23-42;1-2;/h5-13,18-23,38-39,43-50H,14-17,24-37,59-62H2,1-4H3,(H,63,70)(H,64,71)(H,65,72)(H,66,73)(H,74,75);1-2H3;1H4/t43-,44-,45-,46+,47+,48+,49+,50+;;/m0../s1. The highest BCUT2D eigenvalue weighted by molar-refractivity contribution is 5.96. The van der Waals surface area contributed by atoms with Crippen molar-refractivity contribution in [2.75, 3.05) is 19.6 Å². The van der Waals surface area contributed by atoms with E-state index in [2.05, 4.69) is 21.3 Å². The fraction of sp³-hybridized carbons (Fsp3) is 0.574. The molecule has 3 aromatic rings. The number of hydrogen-bond donors (Lipinski definition) is 9. The molecule has 0 saturated heterocycles. The van der Waals surface area contributed by atoms with Crippen LogP contribution in [0.1, 0.15) is 143 Å². The molecular weight excluding hydrogens is 989 g/mol. The lowest BCUT2D eigenvalue weighted by atomic mass is 9.88. The summed E-state index contributed by atoms with van der Waals surface area (Å²) >= 11 is 0. The molecule has 17 heteroatoms. The number of carboxylic acids is 1. The van der Waals surface area contributed by atoms with Gasteiger partial charge in [-0.25, -0.2) is 4.79 Å². The second-order valence-corrected chi connectivity index (χ2v) is 20.8. The first-order chi connectivity index (χ1) is 36.8. The molecule has 0 aromatic heterocycles. The van der Waals surface area contributed by atoms with Crippen LogP contribution < -0.4 is 44.2 Å². The molecule has 17 nitrogen and oxygen atoms in total. The minimum atomic E-state index is -1.29. The van der Waals surface area contributed by atoms with E-state index in [0.29, 0.717) is 51.4 Å². The molecule has 3 rings (SSSR count). The van der Waals surface area contributed by atoms with Crippen LogP contribution in [0.15, 0.2) is 91.0 Å². The first kappa shape index (κ1) is 69.9. The second-order valence-electron chi connectivity index (χ2n) is 20.8. The van der Waals surface area contributed by atoms with Crippen LogP contribution >= 0.6 is 0 Å². The van der Waals surface area contributed by atoms with Gasteiger partial charge in [0.15, 0.2) is 17.3 Å². The van der Waals surface area contributed by atoms with E-state index in [1.165, 1.54) is 0 Å². The van der Waals surface area contributed by atoms with Crippen molar-refractivity contribution in [2.45, 2.75) is 175 Å². The molecule has 0 unspecified atom stereocenters. The van der Waals surface area contributed by atoms with Gasteiger partial charge < -0.3 is 49.3 Å². The maximum absolute atomic E-state index is 14.1. The molecule has 13 N–H and O–H groups in total. The maximum atomic E-state index is 14.1. The third kappa shape index (κ3) is 27.4. The molecule has 4 amide bonds. The zero-order valence-corrected chi connectivity index (χ0v) is 46.7. The average Bonchev–Trinajstić information content (AvgIpc) is 3.40. The predicted molar refractivity (Wildman–Crippen MR) is 310 cm³/mol. The van der Waals surface area contributed by atoms with Gasteiger partial charge in [0.25, 0.3) is 0 Å². The van der Waals surface area contributed by atoms with Crippen LogP contribution in [0.5, 0.6) is 0 Å². The van der Waals surface area contributed by atoms with Crippen molar-refractivity contribution < 1.29 is 43.5 Å². The number of aliphatic carboxylic acids is 1. The summed E-state index contributed by atoms with van der Waals surface area (Å²) in [5.41, 5.74) is 26.8. The van der Waals surface area contributed by atoms with Crippen LogP contribution in [-0.2, 0) is 57.6 Å². The predicted octanol–water partition coefficient (Wildman–Crippen LogP) is 6.15. The Kier molecular flexibility index (Phi) is 35.2. The molecule has 0 bridgehead atoms. The van der Waals surface area contributed by atoms with Crippen molar-refractivity contribution in [3.8, 4) is 0 Å². The Morgan fingerprint density at radius 2 is 0.846 bits per heavy atom. The number of hydrogen-bond acceptors (Lipinski definition) is 12. The molecule has 0 aliphatic heterocycles. The molecule has 78 heavy (non-hydrogen) atoms. The molecule has 0 aliphatic rings. The third-order valence-corrected chi connectivity index (χ3v) is 13.3. The summed E-state index contributed by atoms with van der Waals surface area (Å²) in [6, 6.07) is 23.1. The largest absolute Gasteiger partial charge is 0.480 e. The van der Waals surface area contributed by atoms with Gasteiger partial charge in [-0.3, -0.25) is 33.6 Å². The lowest BCUT2D eigenvalue weighted by Gasteiger charge is -2.25. The zero-order valence-electron chi connectivity index (χ0n) is 46.7. The van der Waals surface area contributed by atoms with E-state index >= 15 is 0 Å². The summed E-state index contributed by atoms with van der Waals surface area (Å²) in [5.74, 6) is -6.61. The number of Topliss-reactive ketones (excluding diaryl/α,β-unsaturated/α-hetero) is 3. The second kappa shape index (κ2) is 39.3. The van der Waals surface area contributed by atoms with Gasteiger partial charge in [0.05, 0.1) is 24.2 Å². The number of rotatable bonds is 38. The highest BCUT2D eigenvalue weighted by atomic mass is 16.4. The Hall–Kier alpha value is -6.14. The molecule has 0 saturated carbocycles. The molecule has 0 aliphatic carbocycles. The Labute approximate surface area is 465 Å². The number of ketones is 3. The maximum Gasteiger partial charge on any atom is 0.326 e. The van der Waals surface area contributed by atoms with Crippen LogP contribution in [0.4, 0.5) is 0 Å². The first-order valence-electron chi connectivity index (χ1n) is 27.8. The fourth-order valence-electron chi connectivity index (χ4n) is 9.07. The lowest BCUT2D eigenvalue weighted by Crippen LogP contribution is -2.50. The molecule has 0 fully saturated rings. The number of carbonyl (C=O) groups excluding carboxylic acids is 7. The van der Waals surface area contributed by atoms with Crippen molar-refractivity contribution in [3.05, 3.63) is 108 Å². The third-order valence-electron chi connectivity index (χ3n) is 13.3. The minimum Gasteiger partial charge on any atom is -0.480 e. The van der Waals surface area contributed by atoms with Crippen LogP contribution in [-0.4, -0.2) is 102 Å². The molecular formula is C61H96N8O9. The summed E-state index contributed by atoms with van der Waals surface area (Å²) in [5, 5.41) is 21.4. The SMILES string of the molecule is C.CC.CC(C)C[C@@H](NC(=O)[C@H](CC(=O)[C@H](N)Cc1ccccc1)Cc1ccccc1)C(=O)C[C@H](CCCN)C(=O)NCCCC[C@@H](NC(=O)[C@@H](CCCN)CC(=O)[C@@H](CC(C)C)NC(=O)[C@H](N)Cc1ccccc1)C(=O)O. The summed E-state index contributed by atoms with van der Waals surface area (Å²) < 4.78 is 0. The Bertz CT molecular complexity index is 2230. The Morgan fingerprint density at radius 1 is 0.462 bits per heavy atom. The van der Waals surface area contributed by atoms with Gasteiger partial charge in [0, 0.05) is 43.6 Å². The van der Waals surface area contributed by atoms with E-state index in [0.717, 1.165) is 16.7 Å². The number of unbranched alkanes of at least 4 members (excludes halogenated alkanes) is 1. The smallest absolute Gasteiger partial charge is 0.326 e. The minimum absolute atomic E-state index is 0. The Balaban J connectivity index is 0.0000100. The van der Waals surface area contributed by atoms with Crippen molar-refractivity contribution in [1.82, 2.24) is 21.3 Å². The van der Waals surface area contributed by atoms with Crippen LogP contribution in [0, 0.1) is 29.6 Å². The normalized spacial score (nSPS) is 14.1. The zero-order chi connectivity index (χ0) is 57.3. The fourth-order valence-corrected chi connectivity index (χ4v) is 9.07. The number of nitrogens with one attached hydrogen (secondary N) is 4. The van der Waals surface area contributed by atoms with Crippen molar-refractivity contribution in [2.24, 2.45) is 52.5 Å². The summed E-state index contributed by atoms with van der Waals surface area (Å²) in [6.45, 7) is 12.4. The number of benzene rings is 3. The van der Waals surface area contributed by atoms with Gasteiger partial charge in [-0.2, -0.15) is 0 Å². The monoisotopic (exact) mass is 1080 g/mol. The van der Waals surface area contributed by atoms with Gasteiger partial charge in [-0.05, 0) is 119 Å². The molecule has 0 spiro atoms. The van der Waals surface area contributed by atoms with Crippen molar-refractivity contribution >= 4 is 46.9 Å². The van der Waals surface area contributed by atoms with Crippen molar-refractivity contribution in [1.29, 1.82) is 0 Å². The molecule has 0 radical (unpaired) electrons. The molecule has 434 valence electrons. The first-order valence-corrected chi connectivity index (χ1v) is 27.8. The van der Waals surface area contributed by atoms with Crippen LogP contribution in [0.2, 0.25) is 0 Å². The van der Waals surface area contributed by atoms with Crippen molar-refractivity contribution in [3.63, 3.8) is 0 Å². The highest BCUT2D eigenvalue weighted by Gasteiger charge is 2.34. The van der Waals surface area contributed by atoms with Gasteiger partial charge in [0.2, 0.25) is 23.6 Å². The molecule has 8 atom stereocenters. The lowest BCUT2D eigenvalue weighted by molar-refractivity contribution is -0.143. The van der Waals surface area contributed by atoms with Crippen LogP contribution in [0.3, 0.4) is 0 Å². The van der Waals surface area contributed by atoms with E-state index in [4.69, 9.17) is 22.9 Å². The van der Waals surface area contributed by atoms with Gasteiger partial charge in [-0.1, -0.05) is 140 Å². The summed E-state index contributed by atoms with van der Waals surface area (Å²) in [6.07, 6.45) is 3.02. The molecule has 3 aromatic carbocycles. The quantitative estimate of drug-likeness (QED) is 0.0291. The van der Waals surface area contributed by atoms with Crippen LogP contribution in [0.25, 0.3) is 0 Å². The van der Waals surface area contributed by atoms with E-state index < -0.39 is 71.7 Å². The highest BCUT2D eigenvalue weighted by Crippen LogP contribution is 2.21.